The van der Waals surface area contributed by atoms with Crippen LogP contribution < -0.4 is 10.4 Å². The van der Waals surface area contributed by atoms with E-state index in [1.165, 1.54) is 10.4 Å². The molecule has 0 radical (unpaired) electrons. The zero-order chi connectivity index (χ0) is 24.4. The molecule has 0 amide bonds. The molecule has 5 rings (SSSR count). The van der Waals surface area contributed by atoms with Crippen molar-refractivity contribution in [2.75, 3.05) is 7.11 Å². The van der Waals surface area contributed by atoms with E-state index in [9.17, 15) is 4.79 Å². The number of halogens is 1. The first-order valence-corrected chi connectivity index (χ1v) is 15.1. The molecule has 6 atom stereocenters. The van der Waals surface area contributed by atoms with Gasteiger partial charge in [0.1, 0.15) is 0 Å². The third kappa shape index (κ3) is 3.22. The van der Waals surface area contributed by atoms with Gasteiger partial charge < -0.3 is 13.9 Å². The number of alkyl halides is 1. The van der Waals surface area contributed by atoms with Gasteiger partial charge in [-0.3, -0.25) is 4.79 Å². The number of rotatable bonds is 5. The molecule has 2 heterocycles. The summed E-state index contributed by atoms with van der Waals surface area (Å²) in [5, 5.41) is 2.35. The van der Waals surface area contributed by atoms with Gasteiger partial charge in [-0.15, -0.1) is 0 Å². The third-order valence-electron chi connectivity index (χ3n) is 8.57. The molecule has 2 saturated heterocycles. The Hall–Kier alpha value is -1.31. The first-order chi connectivity index (χ1) is 16.1. The van der Waals surface area contributed by atoms with Crippen molar-refractivity contribution in [2.45, 2.75) is 74.8 Å². The molecular weight excluding hydrogens is 508 g/mol. The Kier molecular flexibility index (Phi) is 6.01. The monoisotopic (exact) mass is 542 g/mol. The molecule has 3 fully saturated rings. The number of carbonyl (C=O) groups excluding carboxylic acids is 1. The van der Waals surface area contributed by atoms with Crippen molar-refractivity contribution < 1.29 is 18.7 Å². The predicted molar refractivity (Wildman–Crippen MR) is 140 cm³/mol. The van der Waals surface area contributed by atoms with Gasteiger partial charge in [0.25, 0.3) is 8.32 Å². The summed E-state index contributed by atoms with van der Waals surface area (Å²) in [6.07, 6.45) is 2.26. The van der Waals surface area contributed by atoms with Gasteiger partial charge in [0.2, 0.25) is 0 Å². The summed E-state index contributed by atoms with van der Waals surface area (Å²) in [6.45, 7) is 8.90. The molecule has 1 saturated carbocycles. The molecule has 2 aliphatic heterocycles. The number of ketones is 1. The van der Waals surface area contributed by atoms with Gasteiger partial charge in [-0.25, -0.2) is 0 Å². The standard InChI is InChI=1S/C28H35BrO4Si/c1-26(2,3)34(20-12-8-6-9-13-20,21-14-10-7-11-15-21)33-22-18-19-16-17-27(4)25(30)24(29)23(22)28(27,31-5)32-19/h6-15,19,22-24H,16-18H2,1-5H3/t19-,22?,23-,24?,27+,28+/m0/s1. The van der Waals surface area contributed by atoms with Crippen molar-refractivity contribution in [3.63, 3.8) is 0 Å². The van der Waals surface area contributed by atoms with Crippen LogP contribution in [0.5, 0.6) is 0 Å². The molecule has 34 heavy (non-hydrogen) atoms. The second-order valence-electron chi connectivity index (χ2n) is 11.3. The Morgan fingerprint density at radius 1 is 1.03 bits per heavy atom. The van der Waals surface area contributed by atoms with E-state index in [0.717, 1.165) is 19.3 Å². The molecular formula is C28H35BrO4Si. The Balaban J connectivity index is 1.69. The normalized spacial score (nSPS) is 35.4. The lowest BCUT2D eigenvalue weighted by atomic mass is 9.69. The molecule has 3 aliphatic rings. The number of methoxy groups -OCH3 is 1. The summed E-state index contributed by atoms with van der Waals surface area (Å²) < 4.78 is 20.3. The Labute approximate surface area is 212 Å². The van der Waals surface area contributed by atoms with Crippen LogP contribution in [0.4, 0.5) is 0 Å². The van der Waals surface area contributed by atoms with Gasteiger partial charge in [0.05, 0.1) is 28.4 Å². The summed E-state index contributed by atoms with van der Waals surface area (Å²) in [7, 11) is -1.10. The van der Waals surface area contributed by atoms with Gasteiger partial charge in [0, 0.05) is 7.11 Å². The third-order valence-corrected chi connectivity index (χ3v) is 14.6. The summed E-state index contributed by atoms with van der Waals surface area (Å²) in [6, 6.07) is 21.4. The first-order valence-electron chi connectivity index (χ1n) is 12.3. The SMILES string of the molecule is CO[C@]12O[C@H]3CC[C@]1(C)C(=O)C(Br)[C@@H]2C(O[Si](c1ccccc1)(c1ccccc1)C(C)(C)C)C3. The van der Waals surface area contributed by atoms with E-state index < -0.39 is 19.5 Å². The van der Waals surface area contributed by atoms with Crippen molar-refractivity contribution in [3.05, 3.63) is 60.7 Å². The number of carbonyl (C=O) groups is 1. The van der Waals surface area contributed by atoms with E-state index in [2.05, 4.69) is 97.4 Å². The van der Waals surface area contributed by atoms with Crippen LogP contribution in [0, 0.1) is 11.3 Å². The second-order valence-corrected chi connectivity index (χ2v) is 16.6. The van der Waals surface area contributed by atoms with Gasteiger partial charge in [0.15, 0.2) is 11.6 Å². The Morgan fingerprint density at radius 3 is 2.09 bits per heavy atom. The average Bonchev–Trinajstić information content (AvgIpc) is 3.03. The largest absolute Gasteiger partial charge is 0.404 e. The maximum absolute atomic E-state index is 13.6. The topological polar surface area (TPSA) is 44.8 Å². The summed E-state index contributed by atoms with van der Waals surface area (Å²) in [5.74, 6) is -1.00. The van der Waals surface area contributed by atoms with Crippen molar-refractivity contribution in [1.82, 2.24) is 0 Å². The molecule has 2 aromatic rings. The van der Waals surface area contributed by atoms with Crippen LogP contribution >= 0.6 is 15.9 Å². The van der Waals surface area contributed by atoms with E-state index in [1.807, 2.05) is 6.92 Å². The highest BCUT2D eigenvalue weighted by Gasteiger charge is 2.74. The smallest absolute Gasteiger partial charge is 0.261 e. The van der Waals surface area contributed by atoms with Crippen LogP contribution in [0.1, 0.15) is 47.0 Å². The second kappa shape index (κ2) is 8.38. The highest BCUT2D eigenvalue weighted by molar-refractivity contribution is 9.10. The minimum Gasteiger partial charge on any atom is -0.404 e. The number of hydrogen-bond acceptors (Lipinski definition) is 4. The lowest BCUT2D eigenvalue weighted by molar-refractivity contribution is -0.358. The number of Topliss-reactive ketones (excluding diaryl/α,β-unsaturated/α-hetero) is 1. The lowest BCUT2D eigenvalue weighted by Gasteiger charge is -2.57. The first kappa shape index (κ1) is 24.4. The van der Waals surface area contributed by atoms with Crippen LogP contribution in [-0.4, -0.2) is 44.0 Å². The van der Waals surface area contributed by atoms with Crippen molar-refractivity contribution in [1.29, 1.82) is 0 Å². The van der Waals surface area contributed by atoms with E-state index in [1.54, 1.807) is 7.11 Å². The maximum Gasteiger partial charge on any atom is 0.261 e. The molecule has 0 spiro atoms. The molecule has 0 N–H and O–H groups in total. The van der Waals surface area contributed by atoms with E-state index in [-0.39, 0.29) is 33.8 Å². The molecule has 6 heteroatoms. The van der Waals surface area contributed by atoms with Gasteiger partial charge in [-0.05, 0) is 41.6 Å². The zero-order valence-electron chi connectivity index (χ0n) is 20.7. The molecule has 182 valence electrons. The lowest BCUT2D eigenvalue weighted by Crippen LogP contribution is -2.71. The van der Waals surface area contributed by atoms with Crippen LogP contribution in [0.2, 0.25) is 5.04 Å². The predicted octanol–water partition coefficient (Wildman–Crippen LogP) is 4.83. The van der Waals surface area contributed by atoms with Gasteiger partial charge in [-0.1, -0.05) is 97.4 Å². The fourth-order valence-corrected chi connectivity index (χ4v) is 12.8. The van der Waals surface area contributed by atoms with E-state index >= 15 is 0 Å². The minimum atomic E-state index is -2.79. The highest BCUT2D eigenvalue weighted by Crippen LogP contribution is 2.63. The minimum absolute atomic E-state index is 0.0260. The molecule has 1 aliphatic carbocycles. The van der Waals surface area contributed by atoms with Crippen LogP contribution in [-0.2, 0) is 18.7 Å². The average molecular weight is 544 g/mol. The summed E-state index contributed by atoms with van der Waals surface area (Å²) >= 11 is 3.79. The molecule has 2 bridgehead atoms. The Bertz CT molecular complexity index is 1020. The zero-order valence-corrected chi connectivity index (χ0v) is 23.3. The highest BCUT2D eigenvalue weighted by atomic mass is 79.9. The fourth-order valence-electron chi connectivity index (χ4n) is 6.92. The number of benzene rings is 2. The number of hydrogen-bond donors (Lipinski definition) is 0. The summed E-state index contributed by atoms with van der Waals surface area (Å²) in [5.41, 5.74) is -0.676. The van der Waals surface area contributed by atoms with Gasteiger partial charge in [-0.2, -0.15) is 0 Å². The Morgan fingerprint density at radius 2 is 1.59 bits per heavy atom. The fraction of sp³-hybridized carbons (Fsp3) is 0.536. The van der Waals surface area contributed by atoms with Gasteiger partial charge >= 0.3 is 0 Å². The van der Waals surface area contributed by atoms with Crippen LogP contribution in [0.3, 0.4) is 0 Å². The summed E-state index contributed by atoms with van der Waals surface area (Å²) in [4.78, 5) is 13.2. The molecule has 4 nitrogen and oxygen atoms in total. The molecule has 2 aromatic carbocycles. The van der Waals surface area contributed by atoms with Crippen molar-refractivity contribution >= 4 is 40.4 Å². The quantitative estimate of drug-likeness (QED) is 0.401. The number of fused-ring (bicyclic) bond motifs is 1. The van der Waals surface area contributed by atoms with Crippen molar-refractivity contribution in [2.24, 2.45) is 11.3 Å². The van der Waals surface area contributed by atoms with E-state index in [0.29, 0.717) is 0 Å². The molecule has 2 unspecified atom stereocenters. The maximum atomic E-state index is 13.6. The van der Waals surface area contributed by atoms with Crippen LogP contribution in [0.25, 0.3) is 0 Å². The number of ether oxygens (including phenoxy) is 2. The van der Waals surface area contributed by atoms with E-state index in [4.69, 9.17) is 13.9 Å². The molecule has 0 aromatic heterocycles. The van der Waals surface area contributed by atoms with Crippen molar-refractivity contribution in [3.8, 4) is 0 Å². The van der Waals surface area contributed by atoms with Crippen LogP contribution in [0.15, 0.2) is 60.7 Å².